The maximum atomic E-state index is 12.4. The highest BCUT2D eigenvalue weighted by atomic mass is 16.6. The first-order chi connectivity index (χ1) is 11.1. The van der Waals surface area contributed by atoms with Crippen molar-refractivity contribution in [3.8, 4) is 5.75 Å². The SMILES string of the molecule is CN(C(=O)OC(C)(C)C)C(C)(C=O)c1c(O)ccc2ccccc12. The average Bonchev–Trinajstić information content (AvgIpc) is 2.51. The molecule has 5 nitrogen and oxygen atoms in total. The number of hydrogen-bond acceptors (Lipinski definition) is 4. The van der Waals surface area contributed by atoms with Gasteiger partial charge in [-0.05, 0) is 44.5 Å². The molecule has 0 saturated heterocycles. The highest BCUT2D eigenvalue weighted by molar-refractivity contribution is 5.93. The maximum absolute atomic E-state index is 12.4. The summed E-state index contributed by atoms with van der Waals surface area (Å²) in [6, 6.07) is 10.7. The topological polar surface area (TPSA) is 66.8 Å². The number of nitrogens with zero attached hydrogens (tertiary/aromatic N) is 1. The van der Waals surface area contributed by atoms with Gasteiger partial charge in [-0.1, -0.05) is 30.3 Å². The number of hydrogen-bond donors (Lipinski definition) is 1. The predicted molar refractivity (Wildman–Crippen MR) is 93.0 cm³/mol. The monoisotopic (exact) mass is 329 g/mol. The standard InChI is InChI=1S/C19H23NO4/c1-18(2,3)24-17(23)20(5)19(4,12-21)16-14-9-7-6-8-13(14)10-11-15(16)22/h6-12,22H,1-5H3. The van der Waals surface area contributed by atoms with Crippen molar-refractivity contribution in [1.29, 1.82) is 0 Å². The smallest absolute Gasteiger partial charge is 0.411 e. The lowest BCUT2D eigenvalue weighted by atomic mass is 9.87. The highest BCUT2D eigenvalue weighted by Crippen LogP contribution is 2.38. The van der Waals surface area contributed by atoms with Crippen molar-refractivity contribution in [3.63, 3.8) is 0 Å². The summed E-state index contributed by atoms with van der Waals surface area (Å²) < 4.78 is 5.37. The van der Waals surface area contributed by atoms with Gasteiger partial charge in [0.25, 0.3) is 0 Å². The van der Waals surface area contributed by atoms with Crippen LogP contribution in [0.4, 0.5) is 4.79 Å². The fraction of sp³-hybridized carbons (Fsp3) is 0.368. The first-order valence-corrected chi connectivity index (χ1v) is 7.74. The van der Waals surface area contributed by atoms with E-state index in [1.54, 1.807) is 33.8 Å². The first-order valence-electron chi connectivity index (χ1n) is 7.74. The summed E-state index contributed by atoms with van der Waals surface area (Å²) in [5.41, 5.74) is -1.67. The molecule has 0 bridgehead atoms. The van der Waals surface area contributed by atoms with Gasteiger partial charge >= 0.3 is 6.09 Å². The van der Waals surface area contributed by atoms with Crippen LogP contribution in [-0.4, -0.2) is 35.0 Å². The average molecular weight is 329 g/mol. The van der Waals surface area contributed by atoms with E-state index in [2.05, 4.69) is 0 Å². The van der Waals surface area contributed by atoms with Crippen molar-refractivity contribution in [2.75, 3.05) is 7.05 Å². The third kappa shape index (κ3) is 3.20. The van der Waals surface area contributed by atoms with Gasteiger partial charge in [0, 0.05) is 12.6 Å². The molecule has 0 spiro atoms. The largest absolute Gasteiger partial charge is 0.508 e. The van der Waals surface area contributed by atoms with Gasteiger partial charge in [0.15, 0.2) is 0 Å². The van der Waals surface area contributed by atoms with E-state index in [1.807, 2.05) is 24.3 Å². The zero-order valence-corrected chi connectivity index (χ0v) is 14.7. The van der Waals surface area contributed by atoms with Crippen molar-refractivity contribution in [2.45, 2.75) is 38.8 Å². The molecule has 0 radical (unpaired) electrons. The normalized spacial score (nSPS) is 14.0. The van der Waals surface area contributed by atoms with Gasteiger partial charge in [-0.2, -0.15) is 0 Å². The summed E-state index contributed by atoms with van der Waals surface area (Å²) in [5, 5.41) is 12.0. The summed E-state index contributed by atoms with van der Waals surface area (Å²) in [6.45, 7) is 6.86. The molecule has 0 saturated carbocycles. The van der Waals surface area contributed by atoms with E-state index >= 15 is 0 Å². The number of phenols is 1. The number of rotatable bonds is 3. The number of carbonyl (C=O) groups is 2. The predicted octanol–water partition coefficient (Wildman–Crippen LogP) is 3.83. The molecule has 0 aliphatic carbocycles. The number of carbonyl (C=O) groups excluding carboxylic acids is 2. The van der Waals surface area contributed by atoms with Crippen LogP contribution < -0.4 is 0 Å². The van der Waals surface area contributed by atoms with Gasteiger partial charge in [0.05, 0.1) is 0 Å². The van der Waals surface area contributed by atoms with Crippen LogP contribution in [0.1, 0.15) is 33.3 Å². The number of aromatic hydroxyl groups is 1. The Kier molecular flexibility index (Phi) is 4.56. The lowest BCUT2D eigenvalue weighted by molar-refractivity contribution is -0.117. The van der Waals surface area contributed by atoms with Crippen molar-refractivity contribution in [2.24, 2.45) is 0 Å². The summed E-state index contributed by atoms with van der Waals surface area (Å²) in [5.74, 6) is -0.0429. The molecule has 2 rings (SSSR count). The van der Waals surface area contributed by atoms with E-state index in [1.165, 1.54) is 18.0 Å². The number of benzene rings is 2. The molecule has 0 heterocycles. The van der Waals surface area contributed by atoms with E-state index in [0.29, 0.717) is 17.2 Å². The Labute approximate surface area is 141 Å². The maximum Gasteiger partial charge on any atom is 0.411 e. The minimum atomic E-state index is -1.37. The molecule has 1 amide bonds. The molecule has 128 valence electrons. The quantitative estimate of drug-likeness (QED) is 0.869. The minimum absolute atomic E-state index is 0.0429. The van der Waals surface area contributed by atoms with Gasteiger partial charge in [0.1, 0.15) is 23.2 Å². The fourth-order valence-electron chi connectivity index (χ4n) is 2.62. The van der Waals surface area contributed by atoms with Crippen LogP contribution in [0.15, 0.2) is 36.4 Å². The fourth-order valence-corrected chi connectivity index (χ4v) is 2.62. The summed E-state index contributed by atoms with van der Waals surface area (Å²) in [7, 11) is 1.49. The summed E-state index contributed by atoms with van der Waals surface area (Å²) in [4.78, 5) is 25.6. The van der Waals surface area contributed by atoms with Gasteiger partial charge in [-0.3, -0.25) is 4.90 Å². The van der Waals surface area contributed by atoms with Crippen molar-refractivity contribution >= 4 is 23.2 Å². The molecular weight excluding hydrogens is 306 g/mol. The number of amides is 1. The van der Waals surface area contributed by atoms with Gasteiger partial charge in [-0.25, -0.2) is 4.79 Å². The molecule has 0 fully saturated rings. The molecule has 0 aliphatic rings. The molecule has 1 atom stereocenters. The Balaban J connectivity index is 2.60. The van der Waals surface area contributed by atoms with Crippen molar-refractivity contribution in [1.82, 2.24) is 4.90 Å². The third-order valence-electron chi connectivity index (χ3n) is 4.01. The van der Waals surface area contributed by atoms with Crippen molar-refractivity contribution in [3.05, 3.63) is 42.0 Å². The Morgan fingerprint density at radius 1 is 1.12 bits per heavy atom. The Morgan fingerprint density at radius 2 is 1.75 bits per heavy atom. The number of phenolic OH excluding ortho intramolecular Hbond substituents is 1. The molecule has 1 N–H and O–H groups in total. The first kappa shape index (κ1) is 17.8. The van der Waals surface area contributed by atoms with Crippen LogP contribution in [0.2, 0.25) is 0 Å². The van der Waals surface area contributed by atoms with Crippen LogP contribution in [0.3, 0.4) is 0 Å². The Hall–Kier alpha value is -2.56. The Bertz CT molecular complexity index is 779. The summed E-state index contributed by atoms with van der Waals surface area (Å²) in [6.07, 6.45) is 0.0164. The molecule has 0 aliphatic heterocycles. The number of ether oxygens (including phenoxy) is 1. The van der Waals surface area contributed by atoms with E-state index in [4.69, 9.17) is 4.74 Å². The molecule has 2 aromatic carbocycles. The van der Waals surface area contributed by atoms with Crippen LogP contribution in [0.5, 0.6) is 5.75 Å². The minimum Gasteiger partial charge on any atom is -0.508 e. The second-order valence-corrected chi connectivity index (χ2v) is 6.99. The number of likely N-dealkylation sites (N-methyl/N-ethyl adjacent to an activating group) is 1. The van der Waals surface area contributed by atoms with Crippen LogP contribution in [0.25, 0.3) is 10.8 Å². The van der Waals surface area contributed by atoms with E-state index in [-0.39, 0.29) is 5.75 Å². The highest BCUT2D eigenvalue weighted by Gasteiger charge is 2.39. The molecule has 0 aromatic heterocycles. The number of fused-ring (bicyclic) bond motifs is 1. The second kappa shape index (κ2) is 6.15. The van der Waals surface area contributed by atoms with Crippen LogP contribution >= 0.6 is 0 Å². The third-order valence-corrected chi connectivity index (χ3v) is 4.01. The van der Waals surface area contributed by atoms with Crippen LogP contribution in [0, 0.1) is 0 Å². The molecule has 5 heteroatoms. The summed E-state index contributed by atoms with van der Waals surface area (Å²) >= 11 is 0. The number of aldehydes is 1. The zero-order chi connectivity index (χ0) is 18.1. The van der Waals surface area contributed by atoms with E-state index < -0.39 is 17.2 Å². The molecule has 2 aromatic rings. The zero-order valence-electron chi connectivity index (χ0n) is 14.7. The van der Waals surface area contributed by atoms with Gasteiger partial charge in [0.2, 0.25) is 0 Å². The Morgan fingerprint density at radius 3 is 2.33 bits per heavy atom. The van der Waals surface area contributed by atoms with Crippen molar-refractivity contribution < 1.29 is 19.4 Å². The van der Waals surface area contributed by atoms with Gasteiger partial charge in [-0.15, -0.1) is 0 Å². The molecule has 1 unspecified atom stereocenters. The van der Waals surface area contributed by atoms with E-state index in [9.17, 15) is 14.7 Å². The van der Waals surface area contributed by atoms with E-state index in [0.717, 1.165) is 5.39 Å². The lowest BCUT2D eigenvalue weighted by Crippen LogP contribution is -2.48. The lowest BCUT2D eigenvalue weighted by Gasteiger charge is -2.36. The van der Waals surface area contributed by atoms with Gasteiger partial charge < -0.3 is 14.6 Å². The second-order valence-electron chi connectivity index (χ2n) is 6.99. The molecule has 24 heavy (non-hydrogen) atoms. The van der Waals surface area contributed by atoms with Crippen LogP contribution in [-0.2, 0) is 15.1 Å². The molecular formula is C19H23NO4.